The van der Waals surface area contributed by atoms with Gasteiger partial charge < -0.3 is 20.5 Å². The van der Waals surface area contributed by atoms with Crippen molar-refractivity contribution in [3.8, 4) is 0 Å². The van der Waals surface area contributed by atoms with Gasteiger partial charge in [-0.15, -0.1) is 0 Å². The third-order valence-corrected chi connectivity index (χ3v) is 6.83. The van der Waals surface area contributed by atoms with Crippen LogP contribution in [0.2, 0.25) is 5.02 Å². The second-order valence-corrected chi connectivity index (χ2v) is 9.62. The van der Waals surface area contributed by atoms with Gasteiger partial charge in [0, 0.05) is 24.3 Å². The molecule has 2 aliphatic rings. The van der Waals surface area contributed by atoms with E-state index in [4.69, 9.17) is 32.0 Å². The quantitative estimate of drug-likeness (QED) is 0.562. The van der Waals surface area contributed by atoms with Gasteiger partial charge in [-0.25, -0.2) is 4.79 Å². The predicted molar refractivity (Wildman–Crippen MR) is 135 cm³/mol. The molecule has 12 heteroatoms. The first-order valence-electron chi connectivity index (χ1n) is 12.0. The van der Waals surface area contributed by atoms with Gasteiger partial charge in [-0.2, -0.15) is 13.2 Å². The molecule has 4 rings (SSSR count). The van der Waals surface area contributed by atoms with Crippen molar-refractivity contribution >= 4 is 35.1 Å². The number of carbonyl (C=O) groups is 3. The van der Waals surface area contributed by atoms with Crippen molar-refractivity contribution in [1.82, 2.24) is 4.90 Å². The number of anilines is 1. The molecule has 1 unspecified atom stereocenters. The Morgan fingerprint density at radius 1 is 1.13 bits per heavy atom. The lowest BCUT2D eigenvalue weighted by molar-refractivity contribution is -0.192. The number of para-hydroxylation sites is 1. The Morgan fingerprint density at radius 2 is 1.76 bits per heavy atom. The zero-order valence-electron chi connectivity index (χ0n) is 20.7. The number of aliphatic carboxylic acids is 1. The molecule has 2 aromatic rings. The summed E-state index contributed by atoms with van der Waals surface area (Å²) in [5, 5.41) is 7.34. The van der Waals surface area contributed by atoms with Crippen molar-refractivity contribution in [1.29, 1.82) is 0 Å². The standard InChI is InChI=1S/C24H28ClN3O3.C2HF3O2/c1-27-13-17-6-2-5-9-22(17)28(14-18(27)15-31-19-7-3-4-8-19)24(30)20-11-10-16(23(26)29)12-21(20)25;3-2(4,5)1(6)7/h2,5-6,9-12,18-19H,3-4,7-8,13-15H2,1H3,(H2,26,29);(H,6,7). The number of benzene rings is 2. The summed E-state index contributed by atoms with van der Waals surface area (Å²) in [6, 6.07) is 12.6. The number of rotatable bonds is 5. The van der Waals surface area contributed by atoms with Crippen molar-refractivity contribution in [3.05, 3.63) is 64.2 Å². The number of nitrogens with zero attached hydrogens (tertiary/aromatic N) is 2. The highest BCUT2D eigenvalue weighted by atomic mass is 35.5. The van der Waals surface area contributed by atoms with Crippen molar-refractivity contribution in [2.24, 2.45) is 5.73 Å². The van der Waals surface area contributed by atoms with Crippen molar-refractivity contribution < 1.29 is 37.4 Å². The van der Waals surface area contributed by atoms with E-state index in [2.05, 4.69) is 11.9 Å². The summed E-state index contributed by atoms with van der Waals surface area (Å²) in [5.41, 5.74) is 7.92. The maximum Gasteiger partial charge on any atom is 0.490 e. The number of primary amides is 1. The number of alkyl halides is 3. The maximum absolute atomic E-state index is 13.6. The first kappa shape index (κ1) is 29.4. The van der Waals surface area contributed by atoms with E-state index in [0.29, 0.717) is 24.8 Å². The van der Waals surface area contributed by atoms with Gasteiger partial charge in [-0.05, 0) is 49.7 Å². The predicted octanol–water partition coefficient (Wildman–Crippen LogP) is 4.49. The average Bonchev–Trinajstić information content (AvgIpc) is 3.33. The second-order valence-electron chi connectivity index (χ2n) is 9.21. The molecule has 1 aliphatic heterocycles. The number of carboxylic acid groups (broad SMARTS) is 1. The molecule has 8 nitrogen and oxygen atoms in total. The molecule has 0 saturated heterocycles. The topological polar surface area (TPSA) is 113 Å². The first-order valence-corrected chi connectivity index (χ1v) is 12.4. The van der Waals surface area contributed by atoms with Crippen molar-refractivity contribution in [2.45, 2.75) is 50.6 Å². The van der Waals surface area contributed by atoms with Gasteiger partial charge in [-0.1, -0.05) is 42.6 Å². The Hall–Kier alpha value is -3.15. The molecule has 2 aromatic carbocycles. The summed E-state index contributed by atoms with van der Waals surface area (Å²) in [7, 11) is 2.07. The summed E-state index contributed by atoms with van der Waals surface area (Å²) >= 11 is 6.38. The Labute approximate surface area is 223 Å². The molecule has 1 aliphatic carbocycles. The van der Waals surface area contributed by atoms with E-state index >= 15 is 0 Å². The SMILES string of the molecule is CN1Cc2ccccc2N(C(=O)c2ccc(C(N)=O)cc2Cl)CC1COC1CCCC1.O=C(O)C(F)(F)F. The van der Waals surface area contributed by atoms with Crippen molar-refractivity contribution in [3.63, 3.8) is 0 Å². The van der Waals surface area contributed by atoms with Crippen LogP contribution < -0.4 is 10.6 Å². The van der Waals surface area contributed by atoms with Crippen LogP contribution in [-0.4, -0.2) is 66.3 Å². The largest absolute Gasteiger partial charge is 0.490 e. The number of hydrogen-bond donors (Lipinski definition) is 2. The third kappa shape index (κ3) is 7.46. The monoisotopic (exact) mass is 555 g/mol. The Morgan fingerprint density at radius 3 is 2.34 bits per heavy atom. The Bertz CT molecular complexity index is 1170. The minimum Gasteiger partial charge on any atom is -0.475 e. The fraction of sp³-hybridized carbons (Fsp3) is 0.423. The molecule has 206 valence electrons. The number of halogens is 4. The lowest BCUT2D eigenvalue weighted by Gasteiger charge is -2.30. The Balaban J connectivity index is 0.000000505. The molecule has 0 radical (unpaired) electrons. The van der Waals surface area contributed by atoms with E-state index in [0.717, 1.165) is 30.6 Å². The average molecular weight is 556 g/mol. The molecular weight excluding hydrogens is 527 g/mol. The lowest BCUT2D eigenvalue weighted by Crippen LogP contribution is -2.45. The summed E-state index contributed by atoms with van der Waals surface area (Å²) in [4.78, 5) is 38.0. The highest BCUT2D eigenvalue weighted by molar-refractivity contribution is 6.35. The van der Waals surface area contributed by atoms with Gasteiger partial charge in [-0.3, -0.25) is 14.5 Å². The fourth-order valence-electron chi connectivity index (χ4n) is 4.42. The van der Waals surface area contributed by atoms with Crippen LogP contribution in [0.25, 0.3) is 0 Å². The Kier molecular flexibility index (Phi) is 9.75. The fourth-order valence-corrected chi connectivity index (χ4v) is 4.68. The molecule has 1 fully saturated rings. The van der Waals surface area contributed by atoms with Crippen LogP contribution in [-0.2, 0) is 16.1 Å². The highest BCUT2D eigenvalue weighted by Crippen LogP contribution is 2.30. The summed E-state index contributed by atoms with van der Waals surface area (Å²) in [6.45, 7) is 1.80. The minimum absolute atomic E-state index is 0.0561. The van der Waals surface area contributed by atoms with Crippen molar-refractivity contribution in [2.75, 3.05) is 25.1 Å². The van der Waals surface area contributed by atoms with Gasteiger partial charge >= 0.3 is 12.1 Å². The van der Waals surface area contributed by atoms with E-state index in [1.165, 1.54) is 25.0 Å². The summed E-state index contributed by atoms with van der Waals surface area (Å²) in [6.07, 6.45) is -0.0939. The van der Waals surface area contributed by atoms with Crippen LogP contribution in [0.15, 0.2) is 42.5 Å². The molecule has 38 heavy (non-hydrogen) atoms. The summed E-state index contributed by atoms with van der Waals surface area (Å²) < 4.78 is 37.9. The van der Waals surface area contributed by atoms with Crippen LogP contribution in [0, 0.1) is 0 Å². The number of amides is 2. The molecule has 0 spiro atoms. The smallest absolute Gasteiger partial charge is 0.475 e. The number of likely N-dealkylation sites (N-methyl/N-ethyl adjacent to an activating group) is 1. The number of hydrogen-bond acceptors (Lipinski definition) is 5. The van der Waals surface area contributed by atoms with Gasteiger partial charge in [0.15, 0.2) is 0 Å². The molecule has 1 saturated carbocycles. The molecule has 0 bridgehead atoms. The van der Waals surface area contributed by atoms with Crippen LogP contribution in [0.3, 0.4) is 0 Å². The normalized spacial score (nSPS) is 18.2. The molecule has 2 amide bonds. The number of fused-ring (bicyclic) bond motifs is 1. The van der Waals surface area contributed by atoms with Crippen LogP contribution in [0.4, 0.5) is 18.9 Å². The molecule has 3 N–H and O–H groups in total. The maximum atomic E-state index is 13.6. The van der Waals surface area contributed by atoms with E-state index in [1.54, 1.807) is 11.0 Å². The molecule has 0 aromatic heterocycles. The minimum atomic E-state index is -5.08. The van der Waals surface area contributed by atoms with Gasteiger partial charge in [0.25, 0.3) is 5.91 Å². The van der Waals surface area contributed by atoms with Gasteiger partial charge in [0.1, 0.15) is 0 Å². The molecule has 1 atom stereocenters. The van der Waals surface area contributed by atoms with E-state index in [9.17, 15) is 22.8 Å². The zero-order chi connectivity index (χ0) is 28.0. The van der Waals surface area contributed by atoms with Crippen LogP contribution in [0.5, 0.6) is 0 Å². The molecular formula is C26H29ClF3N3O5. The number of nitrogens with two attached hydrogens (primary N) is 1. The van der Waals surface area contributed by atoms with Crippen LogP contribution in [0.1, 0.15) is 52.0 Å². The lowest BCUT2D eigenvalue weighted by atomic mass is 10.1. The number of ether oxygens (including phenoxy) is 1. The van der Waals surface area contributed by atoms with E-state index in [-0.39, 0.29) is 22.5 Å². The summed E-state index contributed by atoms with van der Waals surface area (Å²) in [5.74, 6) is -3.53. The van der Waals surface area contributed by atoms with Gasteiger partial charge in [0.2, 0.25) is 5.91 Å². The van der Waals surface area contributed by atoms with E-state index < -0.39 is 18.1 Å². The zero-order valence-corrected chi connectivity index (χ0v) is 21.5. The van der Waals surface area contributed by atoms with Gasteiger partial charge in [0.05, 0.1) is 29.3 Å². The van der Waals surface area contributed by atoms with Crippen LogP contribution >= 0.6 is 11.6 Å². The number of carbonyl (C=O) groups excluding carboxylic acids is 2. The third-order valence-electron chi connectivity index (χ3n) is 6.52. The van der Waals surface area contributed by atoms with E-state index in [1.807, 2.05) is 24.3 Å². The highest BCUT2D eigenvalue weighted by Gasteiger charge is 2.38. The molecule has 1 heterocycles. The number of carboxylic acids is 1. The first-order chi connectivity index (χ1) is 17.9. The second kappa shape index (κ2) is 12.6.